The maximum atomic E-state index is 12.8. The second-order valence-corrected chi connectivity index (χ2v) is 7.00. The summed E-state index contributed by atoms with van der Waals surface area (Å²) in [5, 5.41) is 8.37. The number of likely N-dealkylation sites (tertiary alicyclic amines) is 1. The molecule has 0 spiro atoms. The first-order valence-corrected chi connectivity index (χ1v) is 9.26. The number of hydrogen-bond acceptors (Lipinski definition) is 4. The zero-order valence-corrected chi connectivity index (χ0v) is 15.4. The van der Waals surface area contributed by atoms with E-state index in [9.17, 15) is 4.79 Å². The Kier molecular flexibility index (Phi) is 4.73. The molecule has 1 saturated heterocycles. The van der Waals surface area contributed by atoms with E-state index in [0.29, 0.717) is 12.2 Å². The summed E-state index contributed by atoms with van der Waals surface area (Å²) in [6.45, 7) is 3.18. The fourth-order valence-electron chi connectivity index (χ4n) is 3.54. The average Bonchev–Trinajstić information content (AvgIpc) is 3.09. The molecule has 27 heavy (non-hydrogen) atoms. The van der Waals surface area contributed by atoms with Gasteiger partial charge in [0.05, 0.1) is 11.4 Å². The predicted octanol–water partition coefficient (Wildman–Crippen LogP) is 2.81. The van der Waals surface area contributed by atoms with Crippen molar-refractivity contribution in [3.05, 3.63) is 66.0 Å². The minimum Gasteiger partial charge on any atom is -0.336 e. The third-order valence-corrected chi connectivity index (χ3v) is 5.06. The highest BCUT2D eigenvalue weighted by Crippen LogP contribution is 2.22. The van der Waals surface area contributed by atoms with Gasteiger partial charge in [0, 0.05) is 19.1 Å². The highest BCUT2D eigenvalue weighted by Gasteiger charge is 2.26. The lowest BCUT2D eigenvalue weighted by Gasteiger charge is -2.30. The normalized spacial score (nSPS) is 17.1. The maximum absolute atomic E-state index is 12.8. The molecule has 1 aliphatic heterocycles. The van der Waals surface area contributed by atoms with Gasteiger partial charge in [0.25, 0.3) is 5.91 Å². The van der Waals surface area contributed by atoms with Gasteiger partial charge in [-0.25, -0.2) is 4.68 Å². The van der Waals surface area contributed by atoms with E-state index in [4.69, 9.17) is 5.73 Å². The molecular weight excluding hydrogens is 338 g/mol. The molecule has 1 aromatic heterocycles. The summed E-state index contributed by atoms with van der Waals surface area (Å²) < 4.78 is 1.71. The van der Waals surface area contributed by atoms with Crippen LogP contribution in [0.3, 0.4) is 0 Å². The van der Waals surface area contributed by atoms with Crippen molar-refractivity contribution in [1.82, 2.24) is 19.9 Å². The molecule has 4 rings (SSSR count). The van der Waals surface area contributed by atoms with Gasteiger partial charge in [-0.3, -0.25) is 4.79 Å². The lowest BCUT2D eigenvalue weighted by Crippen LogP contribution is -2.46. The van der Waals surface area contributed by atoms with E-state index in [1.165, 1.54) is 0 Å². The molecule has 2 heterocycles. The van der Waals surface area contributed by atoms with Crippen LogP contribution < -0.4 is 5.73 Å². The molecule has 138 valence electrons. The van der Waals surface area contributed by atoms with E-state index < -0.39 is 0 Å². The van der Waals surface area contributed by atoms with Crippen LogP contribution in [0.2, 0.25) is 0 Å². The lowest BCUT2D eigenvalue weighted by molar-refractivity contribution is 0.0702. The molecule has 1 unspecified atom stereocenters. The van der Waals surface area contributed by atoms with Gasteiger partial charge in [0.2, 0.25) is 0 Å². The SMILES string of the molecule is Cc1c(C(=O)N2CCCC(N)C2)nnn1-c1ccc(-c2ccccc2)cc1. The van der Waals surface area contributed by atoms with Crippen LogP contribution in [0.1, 0.15) is 29.0 Å². The molecule has 0 radical (unpaired) electrons. The molecule has 2 N–H and O–H groups in total. The lowest BCUT2D eigenvalue weighted by atomic mass is 10.1. The summed E-state index contributed by atoms with van der Waals surface area (Å²) in [4.78, 5) is 14.6. The summed E-state index contributed by atoms with van der Waals surface area (Å²) in [5.41, 5.74) is 10.3. The van der Waals surface area contributed by atoms with Crippen molar-refractivity contribution >= 4 is 5.91 Å². The Morgan fingerprint density at radius 3 is 2.48 bits per heavy atom. The molecule has 6 nitrogen and oxygen atoms in total. The van der Waals surface area contributed by atoms with Gasteiger partial charge in [0.1, 0.15) is 0 Å². The Morgan fingerprint density at radius 2 is 1.78 bits per heavy atom. The van der Waals surface area contributed by atoms with Gasteiger partial charge >= 0.3 is 0 Å². The van der Waals surface area contributed by atoms with Crippen molar-refractivity contribution in [3.8, 4) is 16.8 Å². The Balaban J connectivity index is 1.58. The van der Waals surface area contributed by atoms with E-state index in [2.05, 4.69) is 34.6 Å². The molecule has 3 aromatic rings. The molecule has 1 fully saturated rings. The number of piperidine rings is 1. The monoisotopic (exact) mass is 361 g/mol. The van der Waals surface area contributed by atoms with E-state index in [1.807, 2.05) is 37.3 Å². The van der Waals surface area contributed by atoms with Crippen LogP contribution >= 0.6 is 0 Å². The quantitative estimate of drug-likeness (QED) is 0.778. The van der Waals surface area contributed by atoms with E-state index in [1.54, 1.807) is 9.58 Å². The summed E-state index contributed by atoms with van der Waals surface area (Å²) in [6.07, 6.45) is 1.89. The molecule has 6 heteroatoms. The predicted molar refractivity (Wildman–Crippen MR) is 105 cm³/mol. The zero-order valence-electron chi connectivity index (χ0n) is 15.4. The summed E-state index contributed by atoms with van der Waals surface area (Å²) in [7, 11) is 0. The second kappa shape index (κ2) is 7.32. The summed E-state index contributed by atoms with van der Waals surface area (Å²) in [6, 6.07) is 18.3. The van der Waals surface area contributed by atoms with Gasteiger partial charge in [-0.1, -0.05) is 47.7 Å². The minimum atomic E-state index is -0.0881. The molecule has 1 atom stereocenters. The Hall–Kier alpha value is -2.99. The van der Waals surface area contributed by atoms with Crippen LogP contribution in [0.4, 0.5) is 0 Å². The number of amides is 1. The van der Waals surface area contributed by atoms with Crippen molar-refractivity contribution in [2.24, 2.45) is 5.73 Å². The minimum absolute atomic E-state index is 0.0450. The number of aromatic nitrogens is 3. The third-order valence-electron chi connectivity index (χ3n) is 5.06. The highest BCUT2D eigenvalue weighted by atomic mass is 16.2. The van der Waals surface area contributed by atoms with Crippen molar-refractivity contribution in [2.75, 3.05) is 13.1 Å². The number of carbonyl (C=O) groups excluding carboxylic acids is 1. The standard InChI is InChI=1S/C21H23N5O/c1-15-20(21(27)25-13-5-8-18(22)14-25)23-24-26(15)19-11-9-17(10-12-19)16-6-3-2-4-7-16/h2-4,6-7,9-12,18H,5,8,13-14,22H2,1H3. The number of hydrogen-bond donors (Lipinski definition) is 1. The van der Waals surface area contributed by atoms with E-state index in [-0.39, 0.29) is 11.9 Å². The zero-order chi connectivity index (χ0) is 18.8. The van der Waals surface area contributed by atoms with E-state index in [0.717, 1.165) is 41.9 Å². The Bertz CT molecular complexity index is 933. The first-order chi connectivity index (χ1) is 13.1. The van der Waals surface area contributed by atoms with Crippen LogP contribution in [0.15, 0.2) is 54.6 Å². The fourth-order valence-corrected chi connectivity index (χ4v) is 3.54. The number of nitrogens with two attached hydrogens (primary N) is 1. The summed E-state index contributed by atoms with van der Waals surface area (Å²) in [5.74, 6) is -0.0881. The Labute approximate surface area is 158 Å². The van der Waals surface area contributed by atoms with Crippen LogP contribution in [0, 0.1) is 6.92 Å². The second-order valence-electron chi connectivity index (χ2n) is 7.00. The van der Waals surface area contributed by atoms with Gasteiger partial charge < -0.3 is 10.6 Å². The van der Waals surface area contributed by atoms with Gasteiger partial charge in [0.15, 0.2) is 5.69 Å². The average molecular weight is 361 g/mol. The largest absolute Gasteiger partial charge is 0.336 e. The first-order valence-electron chi connectivity index (χ1n) is 9.26. The van der Waals surface area contributed by atoms with E-state index >= 15 is 0 Å². The van der Waals surface area contributed by atoms with Crippen LogP contribution in [0.5, 0.6) is 0 Å². The molecule has 2 aromatic carbocycles. The molecule has 1 aliphatic rings. The molecular formula is C21H23N5O. The van der Waals surface area contributed by atoms with Crippen LogP contribution in [-0.4, -0.2) is 44.9 Å². The molecule has 0 saturated carbocycles. The number of rotatable bonds is 3. The van der Waals surface area contributed by atoms with Gasteiger partial charge in [-0.2, -0.15) is 0 Å². The van der Waals surface area contributed by atoms with Crippen molar-refractivity contribution in [2.45, 2.75) is 25.8 Å². The van der Waals surface area contributed by atoms with Crippen LogP contribution in [-0.2, 0) is 0 Å². The van der Waals surface area contributed by atoms with Crippen molar-refractivity contribution < 1.29 is 4.79 Å². The van der Waals surface area contributed by atoms with Gasteiger partial charge in [-0.15, -0.1) is 5.10 Å². The number of benzene rings is 2. The number of nitrogens with zero attached hydrogens (tertiary/aromatic N) is 4. The smallest absolute Gasteiger partial charge is 0.276 e. The molecule has 0 aliphatic carbocycles. The third kappa shape index (κ3) is 3.48. The number of carbonyl (C=O) groups is 1. The maximum Gasteiger partial charge on any atom is 0.276 e. The Morgan fingerprint density at radius 1 is 1.07 bits per heavy atom. The van der Waals surface area contributed by atoms with Crippen LogP contribution in [0.25, 0.3) is 16.8 Å². The molecule has 0 bridgehead atoms. The summed E-state index contributed by atoms with van der Waals surface area (Å²) >= 11 is 0. The fraction of sp³-hybridized carbons (Fsp3) is 0.286. The topological polar surface area (TPSA) is 77.0 Å². The van der Waals surface area contributed by atoms with Crippen molar-refractivity contribution in [3.63, 3.8) is 0 Å². The highest BCUT2D eigenvalue weighted by molar-refractivity contribution is 5.93. The van der Waals surface area contributed by atoms with Crippen molar-refractivity contribution in [1.29, 1.82) is 0 Å². The van der Waals surface area contributed by atoms with Gasteiger partial charge in [-0.05, 0) is 43.0 Å². The molecule has 1 amide bonds. The first kappa shape index (κ1) is 17.4.